The lowest BCUT2D eigenvalue weighted by atomic mass is 9.97. The van der Waals surface area contributed by atoms with Gasteiger partial charge in [0.25, 0.3) is 0 Å². The van der Waals surface area contributed by atoms with Gasteiger partial charge in [0.2, 0.25) is 17.7 Å². The first-order valence-corrected chi connectivity index (χ1v) is 24.2. The number of rotatable bonds is 9. The van der Waals surface area contributed by atoms with Crippen LogP contribution in [-0.2, 0) is 0 Å². The van der Waals surface area contributed by atoms with E-state index in [1.54, 1.807) is 0 Å². The molecule has 0 unspecified atom stereocenters. The van der Waals surface area contributed by atoms with E-state index in [0.717, 1.165) is 111 Å². The summed E-state index contributed by atoms with van der Waals surface area (Å²) in [5.74, 6) is 2.88. The number of nitrogens with zero attached hydrogens (tertiary/aromatic N) is 6. The van der Waals surface area contributed by atoms with Gasteiger partial charge in [-0.1, -0.05) is 158 Å². The van der Waals surface area contributed by atoms with Crippen molar-refractivity contribution in [1.29, 1.82) is 0 Å². The van der Waals surface area contributed by atoms with Crippen LogP contribution >= 0.6 is 0 Å². The predicted molar refractivity (Wildman–Crippen MR) is 293 cm³/mol. The number of aromatic nitrogens is 6. The molecule has 0 radical (unpaired) electrons. The first kappa shape index (κ1) is 41.9. The number of para-hydroxylation sites is 2. The molecule has 4 aromatic heterocycles. The summed E-state index contributed by atoms with van der Waals surface area (Å²) in [6, 6.07) is 83.3. The van der Waals surface area contributed by atoms with Crippen molar-refractivity contribution in [3.63, 3.8) is 0 Å². The molecule has 0 atom stereocenters. The van der Waals surface area contributed by atoms with E-state index in [1.807, 2.05) is 72.8 Å². The summed E-state index contributed by atoms with van der Waals surface area (Å²) >= 11 is 0. The average molecular weight is 937 g/mol. The second kappa shape index (κ2) is 17.4. The minimum Gasteiger partial charge on any atom is -0.436 e. The monoisotopic (exact) mass is 936 g/mol. The van der Waals surface area contributed by atoms with Crippen molar-refractivity contribution in [2.75, 3.05) is 0 Å². The van der Waals surface area contributed by atoms with Gasteiger partial charge < -0.3 is 8.83 Å². The van der Waals surface area contributed by atoms with Crippen molar-refractivity contribution in [2.24, 2.45) is 0 Å². The third-order valence-corrected chi connectivity index (χ3v) is 13.5. The Labute approximate surface area is 419 Å². The number of hydrogen-bond acceptors (Lipinski definition) is 7. The molecule has 0 fully saturated rings. The van der Waals surface area contributed by atoms with E-state index < -0.39 is 0 Å². The van der Waals surface area contributed by atoms with Crippen LogP contribution in [0.3, 0.4) is 0 Å². The molecule has 73 heavy (non-hydrogen) atoms. The molecule has 10 aromatic carbocycles. The maximum atomic E-state index is 6.26. The lowest BCUT2D eigenvalue weighted by Crippen LogP contribution is -2.06. The minimum absolute atomic E-state index is 0.536. The van der Waals surface area contributed by atoms with Crippen LogP contribution in [0.5, 0.6) is 0 Å². The fourth-order valence-electron chi connectivity index (χ4n) is 9.91. The summed E-state index contributed by atoms with van der Waals surface area (Å²) in [7, 11) is 0. The Morgan fingerprint density at radius 1 is 0.260 bits per heavy atom. The van der Waals surface area contributed by atoms with Gasteiger partial charge in [-0.05, 0) is 129 Å². The molecular weight excluding hydrogens is 897 g/mol. The molecule has 8 nitrogen and oxygen atoms in total. The summed E-state index contributed by atoms with van der Waals surface area (Å²) < 4.78 is 14.7. The summed E-state index contributed by atoms with van der Waals surface area (Å²) in [5.41, 5.74) is 17.2. The zero-order valence-electron chi connectivity index (χ0n) is 39.1. The average Bonchev–Trinajstić information content (AvgIpc) is 4.20. The van der Waals surface area contributed by atoms with Crippen molar-refractivity contribution in [2.45, 2.75) is 0 Å². The van der Waals surface area contributed by atoms with Gasteiger partial charge in [-0.25, -0.2) is 15.0 Å². The SMILES string of the molecule is c1ccc(-c2nc3ccc(-c4cccc(-c5cccc(-c6nc(-c7cccc(-c8cccc(-c9ccc%10nc(-c%11ccccc%11)oc%10c9)c8)c7)nc(-n7c8ccccc8c8ccccc87)n6)c5)c4)cc3o2)cc1. The van der Waals surface area contributed by atoms with E-state index >= 15 is 0 Å². The summed E-state index contributed by atoms with van der Waals surface area (Å²) in [6.07, 6.45) is 0. The Morgan fingerprint density at radius 3 is 1.03 bits per heavy atom. The number of hydrogen-bond donors (Lipinski definition) is 0. The van der Waals surface area contributed by atoms with Gasteiger partial charge in [-0.2, -0.15) is 9.97 Å². The number of benzene rings is 10. The molecule has 4 heterocycles. The van der Waals surface area contributed by atoms with E-state index in [2.05, 4.69) is 174 Å². The molecule has 0 amide bonds. The van der Waals surface area contributed by atoms with Gasteiger partial charge in [-0.15, -0.1) is 0 Å². The van der Waals surface area contributed by atoms with Crippen LogP contribution in [0.25, 0.3) is 140 Å². The van der Waals surface area contributed by atoms with Crippen LogP contribution in [-0.4, -0.2) is 29.5 Å². The highest BCUT2D eigenvalue weighted by Gasteiger charge is 2.19. The number of oxazole rings is 2. The molecule has 342 valence electrons. The van der Waals surface area contributed by atoms with Gasteiger partial charge in [0.05, 0.1) is 11.0 Å². The molecule has 8 heteroatoms. The molecule has 0 N–H and O–H groups in total. The zero-order chi connectivity index (χ0) is 48.2. The Balaban J connectivity index is 0.846. The number of fused-ring (bicyclic) bond motifs is 5. The molecule has 0 saturated heterocycles. The molecule has 14 rings (SSSR count). The van der Waals surface area contributed by atoms with Crippen LogP contribution < -0.4 is 0 Å². The summed E-state index contributed by atoms with van der Waals surface area (Å²) in [4.78, 5) is 25.4. The summed E-state index contributed by atoms with van der Waals surface area (Å²) in [6.45, 7) is 0. The molecule has 0 bridgehead atoms. The van der Waals surface area contributed by atoms with E-state index in [1.165, 1.54) is 0 Å². The summed E-state index contributed by atoms with van der Waals surface area (Å²) in [5, 5.41) is 2.26. The topological polar surface area (TPSA) is 95.7 Å². The third-order valence-electron chi connectivity index (χ3n) is 13.5. The van der Waals surface area contributed by atoms with Crippen molar-refractivity contribution in [3.8, 4) is 96.1 Å². The van der Waals surface area contributed by atoms with E-state index in [9.17, 15) is 0 Å². The normalized spacial score (nSPS) is 11.6. The molecule has 0 aliphatic rings. The van der Waals surface area contributed by atoms with Crippen molar-refractivity contribution in [1.82, 2.24) is 29.5 Å². The minimum atomic E-state index is 0.536. The van der Waals surface area contributed by atoms with Crippen LogP contribution in [0.1, 0.15) is 0 Å². The van der Waals surface area contributed by atoms with Crippen molar-refractivity contribution in [3.05, 3.63) is 243 Å². The third kappa shape index (κ3) is 7.71. The molecule has 14 aromatic rings. The maximum Gasteiger partial charge on any atom is 0.238 e. The molecule has 0 aliphatic carbocycles. The smallest absolute Gasteiger partial charge is 0.238 e. The molecule has 0 spiro atoms. The Bertz CT molecular complexity index is 4130. The van der Waals surface area contributed by atoms with Crippen molar-refractivity contribution >= 4 is 44.0 Å². The lowest BCUT2D eigenvalue weighted by Gasteiger charge is -2.13. The molecular formula is C65H40N6O2. The largest absolute Gasteiger partial charge is 0.436 e. The maximum absolute atomic E-state index is 6.26. The highest BCUT2D eigenvalue weighted by molar-refractivity contribution is 6.09. The Hall–Kier alpha value is -10.1. The van der Waals surface area contributed by atoms with Gasteiger partial charge in [0.1, 0.15) is 11.0 Å². The quantitative estimate of drug-likeness (QED) is 0.142. The fraction of sp³-hybridized carbons (Fsp3) is 0. The fourth-order valence-corrected chi connectivity index (χ4v) is 9.91. The van der Waals surface area contributed by atoms with Crippen LogP contribution in [0.4, 0.5) is 0 Å². The Kier molecular flexibility index (Phi) is 9.99. The Morgan fingerprint density at radius 2 is 0.603 bits per heavy atom. The van der Waals surface area contributed by atoms with Gasteiger partial charge >= 0.3 is 0 Å². The van der Waals surface area contributed by atoms with Crippen molar-refractivity contribution < 1.29 is 8.83 Å². The first-order valence-electron chi connectivity index (χ1n) is 24.2. The highest BCUT2D eigenvalue weighted by atomic mass is 16.4. The molecule has 0 aliphatic heterocycles. The first-order chi connectivity index (χ1) is 36.1. The van der Waals surface area contributed by atoms with Crippen LogP contribution in [0.15, 0.2) is 251 Å². The lowest BCUT2D eigenvalue weighted by molar-refractivity contribution is 0.619. The highest BCUT2D eigenvalue weighted by Crippen LogP contribution is 2.37. The second-order valence-corrected chi connectivity index (χ2v) is 18.1. The van der Waals surface area contributed by atoms with Gasteiger partial charge in [0.15, 0.2) is 22.8 Å². The standard InChI is InChI=1S/C65H40N6O2/c1-3-15-41(16-4-1)63-66-55-33-31-49(39-59(55)72-63)45-21-11-19-43(35-45)47-23-13-25-51(37-47)61-68-62(70-65(69-61)71-57-29-9-7-27-53(57)54-28-8-10-30-58(54)71)52-26-14-24-48(38-52)44-20-12-22-46(36-44)50-32-34-56-60(40-50)73-64(67-56)42-17-5-2-6-18-42/h1-40H. The van der Waals surface area contributed by atoms with Gasteiger partial charge in [0, 0.05) is 33.0 Å². The molecule has 0 saturated carbocycles. The second-order valence-electron chi connectivity index (χ2n) is 18.1. The van der Waals surface area contributed by atoms with E-state index in [-0.39, 0.29) is 0 Å². The van der Waals surface area contributed by atoms with Gasteiger partial charge in [-0.3, -0.25) is 4.57 Å². The zero-order valence-corrected chi connectivity index (χ0v) is 39.1. The van der Waals surface area contributed by atoms with E-state index in [0.29, 0.717) is 29.4 Å². The van der Waals surface area contributed by atoms with E-state index in [4.69, 9.17) is 33.8 Å². The predicted octanol–water partition coefficient (Wildman–Crippen LogP) is 16.6. The van der Waals surface area contributed by atoms with Crippen LogP contribution in [0, 0.1) is 0 Å². The van der Waals surface area contributed by atoms with Crippen LogP contribution in [0.2, 0.25) is 0 Å².